The maximum Gasteiger partial charge on any atom is 0.193 e. The molecule has 3 rings (SSSR count). The van der Waals surface area contributed by atoms with Crippen LogP contribution in [0.25, 0.3) is 0 Å². The number of guanidine groups is 1. The van der Waals surface area contributed by atoms with E-state index in [1.165, 1.54) is 44.4 Å². The molecule has 154 valence electrons. The molecule has 1 aliphatic carbocycles. The van der Waals surface area contributed by atoms with Gasteiger partial charge in [-0.2, -0.15) is 11.8 Å². The van der Waals surface area contributed by atoms with E-state index in [4.69, 9.17) is 4.99 Å². The van der Waals surface area contributed by atoms with E-state index in [1.54, 1.807) is 0 Å². The highest BCUT2D eigenvalue weighted by atomic mass is 127. The number of unbranched alkanes of at least 4 members (excludes halogenated alkanes) is 1. The van der Waals surface area contributed by atoms with Crippen molar-refractivity contribution in [1.82, 2.24) is 19.8 Å². The van der Waals surface area contributed by atoms with Gasteiger partial charge in [-0.3, -0.25) is 4.99 Å². The number of halogens is 1. The Morgan fingerprint density at radius 1 is 1.30 bits per heavy atom. The number of nitrogens with zero attached hydrogens (tertiary/aromatic N) is 4. The van der Waals surface area contributed by atoms with Gasteiger partial charge < -0.3 is 14.8 Å². The molecule has 0 radical (unpaired) electrons. The van der Waals surface area contributed by atoms with Crippen LogP contribution in [0, 0.1) is 6.92 Å². The summed E-state index contributed by atoms with van der Waals surface area (Å²) in [6, 6.07) is 0. The van der Waals surface area contributed by atoms with E-state index in [0.29, 0.717) is 4.75 Å². The molecule has 0 unspecified atom stereocenters. The number of rotatable bonds is 6. The molecule has 1 saturated heterocycles. The minimum Gasteiger partial charge on any atom is -0.357 e. The van der Waals surface area contributed by atoms with Gasteiger partial charge in [0.25, 0.3) is 0 Å². The molecule has 0 bridgehead atoms. The third-order valence-corrected chi connectivity index (χ3v) is 7.18. The number of thioether (sulfide) groups is 1. The monoisotopic (exact) mass is 505 g/mol. The Morgan fingerprint density at radius 3 is 2.81 bits per heavy atom. The van der Waals surface area contributed by atoms with E-state index >= 15 is 0 Å². The number of aromatic nitrogens is 2. The van der Waals surface area contributed by atoms with Crippen LogP contribution in [0.2, 0.25) is 0 Å². The first-order chi connectivity index (χ1) is 12.7. The Hall–Kier alpha value is -0.440. The van der Waals surface area contributed by atoms with Crippen molar-refractivity contribution in [2.45, 2.75) is 70.1 Å². The van der Waals surface area contributed by atoms with Crippen LogP contribution in [-0.2, 0) is 6.54 Å². The summed E-state index contributed by atoms with van der Waals surface area (Å²) in [7, 11) is 0. The van der Waals surface area contributed by atoms with Gasteiger partial charge in [-0.05, 0) is 39.5 Å². The molecule has 2 fully saturated rings. The van der Waals surface area contributed by atoms with Crippen molar-refractivity contribution in [2.24, 2.45) is 4.99 Å². The Bertz CT molecular complexity index is 577. The number of aliphatic imine (C=N–C) groups is 1. The second-order valence-electron chi connectivity index (χ2n) is 7.62. The maximum absolute atomic E-state index is 4.95. The quantitative estimate of drug-likeness (QED) is 0.271. The average molecular weight is 506 g/mol. The van der Waals surface area contributed by atoms with E-state index in [-0.39, 0.29) is 24.0 Å². The van der Waals surface area contributed by atoms with Gasteiger partial charge in [-0.15, -0.1) is 24.0 Å². The van der Waals surface area contributed by atoms with Gasteiger partial charge in [0.05, 0.1) is 0 Å². The molecule has 0 aromatic carbocycles. The van der Waals surface area contributed by atoms with Gasteiger partial charge in [0.2, 0.25) is 0 Å². The van der Waals surface area contributed by atoms with Crippen LogP contribution < -0.4 is 5.32 Å². The number of aryl methyl sites for hydroxylation is 2. The van der Waals surface area contributed by atoms with Crippen molar-refractivity contribution in [1.29, 1.82) is 0 Å². The van der Waals surface area contributed by atoms with Crippen LogP contribution in [0.15, 0.2) is 17.4 Å². The summed E-state index contributed by atoms with van der Waals surface area (Å²) in [4.78, 5) is 11.8. The van der Waals surface area contributed by atoms with Crippen molar-refractivity contribution in [2.75, 3.05) is 31.9 Å². The van der Waals surface area contributed by atoms with E-state index in [9.17, 15) is 0 Å². The van der Waals surface area contributed by atoms with Gasteiger partial charge in [0, 0.05) is 55.6 Å². The highest BCUT2D eigenvalue weighted by Crippen LogP contribution is 2.42. The van der Waals surface area contributed by atoms with Crippen LogP contribution >= 0.6 is 35.7 Å². The summed E-state index contributed by atoms with van der Waals surface area (Å²) < 4.78 is 2.72. The van der Waals surface area contributed by atoms with Gasteiger partial charge in [-0.25, -0.2) is 4.98 Å². The first-order valence-corrected chi connectivity index (χ1v) is 11.4. The molecule has 1 N–H and O–H groups in total. The van der Waals surface area contributed by atoms with Gasteiger partial charge in [0.15, 0.2) is 5.96 Å². The first kappa shape index (κ1) is 22.8. The molecule has 1 saturated carbocycles. The summed E-state index contributed by atoms with van der Waals surface area (Å²) in [6.45, 7) is 9.45. The minimum atomic E-state index is 0. The zero-order valence-corrected chi connectivity index (χ0v) is 20.1. The van der Waals surface area contributed by atoms with Gasteiger partial charge in [0.1, 0.15) is 5.82 Å². The van der Waals surface area contributed by atoms with E-state index in [0.717, 1.165) is 50.8 Å². The predicted molar refractivity (Wildman–Crippen MR) is 127 cm³/mol. The average Bonchev–Trinajstić information content (AvgIpc) is 3.06. The summed E-state index contributed by atoms with van der Waals surface area (Å²) >= 11 is 2.22. The van der Waals surface area contributed by atoms with Gasteiger partial charge >= 0.3 is 0 Å². The fourth-order valence-corrected chi connectivity index (χ4v) is 5.74. The van der Waals surface area contributed by atoms with Crippen molar-refractivity contribution >= 4 is 41.7 Å². The molecule has 1 aromatic heterocycles. The highest BCUT2D eigenvalue weighted by Gasteiger charge is 2.38. The Morgan fingerprint density at radius 2 is 2.11 bits per heavy atom. The van der Waals surface area contributed by atoms with Crippen LogP contribution in [0.4, 0.5) is 0 Å². The molecular formula is C20H36IN5S. The van der Waals surface area contributed by atoms with Crippen LogP contribution in [-0.4, -0.2) is 57.1 Å². The molecule has 1 aliphatic heterocycles. The van der Waals surface area contributed by atoms with E-state index < -0.39 is 0 Å². The predicted octanol–water partition coefficient (Wildman–Crippen LogP) is 4.31. The summed E-state index contributed by atoms with van der Waals surface area (Å²) in [5, 5.41) is 3.54. The van der Waals surface area contributed by atoms with Gasteiger partial charge in [-0.1, -0.05) is 19.3 Å². The zero-order valence-electron chi connectivity index (χ0n) is 17.0. The van der Waals surface area contributed by atoms with Crippen molar-refractivity contribution < 1.29 is 0 Å². The molecule has 27 heavy (non-hydrogen) atoms. The number of imidazole rings is 1. The normalized spacial score (nSPS) is 19.8. The molecule has 2 aliphatic rings. The SMILES string of the molecule is CCNC(=NCCCCn1ccnc1C)N1CCSC2(CCCCC2)C1.I. The maximum atomic E-state index is 4.95. The fraction of sp³-hybridized carbons (Fsp3) is 0.800. The minimum absolute atomic E-state index is 0. The van der Waals surface area contributed by atoms with E-state index in [2.05, 4.69) is 51.6 Å². The summed E-state index contributed by atoms with van der Waals surface area (Å²) in [6.07, 6.45) is 13.2. The molecule has 5 nitrogen and oxygen atoms in total. The molecule has 1 spiro atoms. The lowest BCUT2D eigenvalue weighted by atomic mass is 9.87. The third-order valence-electron chi connectivity index (χ3n) is 5.64. The smallest absolute Gasteiger partial charge is 0.193 e. The molecule has 7 heteroatoms. The topological polar surface area (TPSA) is 45.5 Å². The standard InChI is InChI=1S/C20H35N5S.HI/c1-3-21-19(23-11-7-8-13-24-14-12-22-18(24)2)25-15-16-26-20(17-25)9-5-4-6-10-20;/h12,14H,3-11,13,15-17H2,1-2H3,(H,21,23);1H. The van der Waals surface area contributed by atoms with E-state index in [1.807, 2.05) is 6.20 Å². The Balaban J connectivity index is 0.00000261. The van der Waals surface area contributed by atoms with Crippen LogP contribution in [0.1, 0.15) is 57.7 Å². The van der Waals surface area contributed by atoms with Crippen molar-refractivity contribution in [3.63, 3.8) is 0 Å². The summed E-state index contributed by atoms with van der Waals surface area (Å²) in [5.74, 6) is 3.48. The zero-order chi connectivity index (χ0) is 18.2. The second-order valence-corrected chi connectivity index (χ2v) is 9.19. The Kier molecular flexibility index (Phi) is 9.76. The largest absolute Gasteiger partial charge is 0.357 e. The molecule has 1 aromatic rings. The lowest BCUT2D eigenvalue weighted by Gasteiger charge is -2.45. The van der Waals surface area contributed by atoms with Crippen LogP contribution in [0.5, 0.6) is 0 Å². The van der Waals surface area contributed by atoms with Crippen molar-refractivity contribution in [3.05, 3.63) is 18.2 Å². The fourth-order valence-electron chi connectivity index (χ4n) is 4.17. The number of hydrogen-bond acceptors (Lipinski definition) is 3. The summed E-state index contributed by atoms with van der Waals surface area (Å²) in [5.41, 5.74) is 0. The lowest BCUT2D eigenvalue weighted by Crippen LogP contribution is -2.53. The highest BCUT2D eigenvalue weighted by molar-refractivity contribution is 14.0. The third kappa shape index (κ3) is 6.54. The number of hydrogen-bond donors (Lipinski definition) is 1. The van der Waals surface area contributed by atoms with Crippen LogP contribution in [0.3, 0.4) is 0 Å². The molecular weight excluding hydrogens is 469 g/mol. The molecule has 0 amide bonds. The molecule has 0 atom stereocenters. The number of nitrogens with one attached hydrogen (secondary N) is 1. The first-order valence-electron chi connectivity index (χ1n) is 10.4. The lowest BCUT2D eigenvalue weighted by molar-refractivity contribution is 0.293. The molecule has 2 heterocycles. The van der Waals surface area contributed by atoms with Crippen molar-refractivity contribution in [3.8, 4) is 0 Å². The second kappa shape index (κ2) is 11.5. The Labute approximate surface area is 186 Å².